The minimum Gasteiger partial charge on any atom is -0.497 e. The Hall–Kier alpha value is -1.61. The fourth-order valence-corrected chi connectivity index (χ4v) is 2.52. The largest absolute Gasteiger partial charge is 0.497 e. The molecule has 3 rings (SSSR count). The summed E-state index contributed by atoms with van der Waals surface area (Å²) in [5.41, 5.74) is 3.45. The van der Waals surface area contributed by atoms with Gasteiger partial charge in [0.2, 0.25) is 0 Å². The average Bonchev–Trinajstić information content (AvgIpc) is 2.62. The summed E-state index contributed by atoms with van der Waals surface area (Å²) < 4.78 is 6.13. The number of hydrogen-bond donors (Lipinski definition) is 0. The number of hydrogen-bond acceptors (Lipinski definition) is 2. The van der Waals surface area contributed by atoms with Crippen LogP contribution in [-0.2, 0) is 0 Å². The van der Waals surface area contributed by atoms with Crippen molar-refractivity contribution in [3.8, 4) is 16.9 Å². The predicted molar refractivity (Wildman–Crippen MR) is 69.6 cm³/mol. The van der Waals surface area contributed by atoms with E-state index in [2.05, 4.69) is 15.9 Å². The fraction of sp³-hybridized carbons (Fsp3) is 0.0714. The van der Waals surface area contributed by atoms with Gasteiger partial charge in [0.25, 0.3) is 0 Å². The molecule has 0 bridgehead atoms. The molecule has 2 aromatic carbocycles. The number of rotatable bonds is 1. The Kier molecular flexibility index (Phi) is 2.30. The molecule has 1 aliphatic carbocycles. The van der Waals surface area contributed by atoms with Gasteiger partial charge in [0.05, 0.1) is 7.11 Å². The highest BCUT2D eigenvalue weighted by Crippen LogP contribution is 2.39. The molecule has 0 unspecified atom stereocenters. The van der Waals surface area contributed by atoms with Crippen molar-refractivity contribution in [2.45, 2.75) is 0 Å². The normalized spacial score (nSPS) is 12.2. The second kappa shape index (κ2) is 3.70. The molecule has 0 radical (unpaired) electrons. The van der Waals surface area contributed by atoms with Crippen molar-refractivity contribution in [2.24, 2.45) is 0 Å². The zero-order valence-electron chi connectivity index (χ0n) is 9.16. The molecule has 2 nitrogen and oxygen atoms in total. The number of carbonyl (C=O) groups is 1. The lowest BCUT2D eigenvalue weighted by molar-refractivity contribution is 0.104. The Balaban J connectivity index is 2.28. The van der Waals surface area contributed by atoms with Crippen LogP contribution in [0.25, 0.3) is 11.1 Å². The number of methoxy groups -OCH3 is 1. The summed E-state index contributed by atoms with van der Waals surface area (Å²) in [7, 11) is 1.60. The van der Waals surface area contributed by atoms with Gasteiger partial charge in [-0.25, -0.2) is 0 Å². The van der Waals surface area contributed by atoms with E-state index in [1.54, 1.807) is 13.2 Å². The second-order valence-electron chi connectivity index (χ2n) is 3.93. The van der Waals surface area contributed by atoms with E-state index in [1.165, 1.54) is 0 Å². The van der Waals surface area contributed by atoms with Gasteiger partial charge in [0, 0.05) is 15.6 Å². The first kappa shape index (κ1) is 10.5. The number of carbonyl (C=O) groups excluding carboxylic acids is 1. The summed E-state index contributed by atoms with van der Waals surface area (Å²) in [6.07, 6.45) is 0. The minimum absolute atomic E-state index is 0.0707. The summed E-state index contributed by atoms with van der Waals surface area (Å²) in [6.45, 7) is 0. The standard InChI is InChI=1S/C14H9BrO2/c1-17-9-3-5-10-12-6-8(15)2-4-11(12)14(16)13(10)7-9/h2-7H,1H3. The monoisotopic (exact) mass is 288 g/mol. The van der Waals surface area contributed by atoms with Gasteiger partial charge in [-0.1, -0.05) is 15.9 Å². The third-order valence-electron chi connectivity index (χ3n) is 2.99. The fourth-order valence-electron chi connectivity index (χ4n) is 2.16. The number of halogens is 1. The highest BCUT2D eigenvalue weighted by Gasteiger charge is 2.26. The molecule has 0 saturated heterocycles. The molecule has 0 spiro atoms. The van der Waals surface area contributed by atoms with Gasteiger partial charge in [-0.3, -0.25) is 4.79 Å². The van der Waals surface area contributed by atoms with Crippen LogP contribution in [0, 0.1) is 0 Å². The highest BCUT2D eigenvalue weighted by atomic mass is 79.9. The van der Waals surface area contributed by atoms with E-state index >= 15 is 0 Å². The smallest absolute Gasteiger partial charge is 0.194 e. The van der Waals surface area contributed by atoms with Crippen LogP contribution in [0.4, 0.5) is 0 Å². The molecule has 1 aliphatic rings. The van der Waals surface area contributed by atoms with E-state index < -0.39 is 0 Å². The van der Waals surface area contributed by atoms with Gasteiger partial charge in [-0.05, 0) is 47.5 Å². The maximum Gasteiger partial charge on any atom is 0.194 e. The lowest BCUT2D eigenvalue weighted by Gasteiger charge is -2.03. The molecule has 0 saturated carbocycles. The van der Waals surface area contributed by atoms with E-state index in [1.807, 2.05) is 30.3 Å². The summed E-state index contributed by atoms with van der Waals surface area (Å²) in [4.78, 5) is 12.2. The van der Waals surface area contributed by atoms with Crippen molar-refractivity contribution in [1.29, 1.82) is 0 Å². The second-order valence-corrected chi connectivity index (χ2v) is 4.85. The Morgan fingerprint density at radius 1 is 0.941 bits per heavy atom. The van der Waals surface area contributed by atoms with Crippen molar-refractivity contribution in [3.63, 3.8) is 0 Å². The van der Waals surface area contributed by atoms with Crippen molar-refractivity contribution >= 4 is 21.7 Å². The first-order valence-electron chi connectivity index (χ1n) is 5.23. The third kappa shape index (κ3) is 1.50. The van der Waals surface area contributed by atoms with Crippen molar-refractivity contribution in [1.82, 2.24) is 0 Å². The Morgan fingerprint density at radius 2 is 1.71 bits per heavy atom. The first-order valence-corrected chi connectivity index (χ1v) is 6.02. The van der Waals surface area contributed by atoms with Crippen LogP contribution >= 0.6 is 15.9 Å². The van der Waals surface area contributed by atoms with E-state index in [-0.39, 0.29) is 5.78 Å². The van der Waals surface area contributed by atoms with Gasteiger partial charge in [0.15, 0.2) is 5.78 Å². The van der Waals surface area contributed by atoms with Crippen LogP contribution in [0.1, 0.15) is 15.9 Å². The average molecular weight is 289 g/mol. The zero-order valence-corrected chi connectivity index (χ0v) is 10.7. The van der Waals surface area contributed by atoms with Gasteiger partial charge < -0.3 is 4.74 Å². The van der Waals surface area contributed by atoms with Crippen LogP contribution in [0.15, 0.2) is 40.9 Å². The number of ether oxygens (including phenoxy) is 1. The van der Waals surface area contributed by atoms with Crippen LogP contribution in [0.2, 0.25) is 0 Å². The SMILES string of the molecule is COc1ccc2c(c1)C(=O)c1ccc(Br)cc1-2. The Labute approximate surface area is 107 Å². The maximum absolute atomic E-state index is 12.2. The highest BCUT2D eigenvalue weighted by molar-refractivity contribution is 9.10. The zero-order chi connectivity index (χ0) is 12.0. The predicted octanol–water partition coefficient (Wildman–Crippen LogP) is 3.67. The number of fused-ring (bicyclic) bond motifs is 3. The first-order chi connectivity index (χ1) is 8.20. The van der Waals surface area contributed by atoms with Crippen molar-refractivity contribution in [2.75, 3.05) is 7.11 Å². The summed E-state index contributed by atoms with van der Waals surface area (Å²) in [5, 5.41) is 0. The molecule has 0 aliphatic heterocycles. The van der Waals surface area contributed by atoms with Crippen molar-refractivity contribution < 1.29 is 9.53 Å². The molecule has 84 valence electrons. The molecule has 0 heterocycles. The van der Waals surface area contributed by atoms with Crippen LogP contribution in [0.3, 0.4) is 0 Å². The molecule has 0 fully saturated rings. The Morgan fingerprint density at radius 3 is 2.47 bits per heavy atom. The lowest BCUT2D eigenvalue weighted by atomic mass is 10.1. The summed E-state index contributed by atoms with van der Waals surface area (Å²) in [5.74, 6) is 0.783. The minimum atomic E-state index is 0.0707. The number of ketones is 1. The third-order valence-corrected chi connectivity index (χ3v) is 3.48. The van der Waals surface area contributed by atoms with Crippen LogP contribution < -0.4 is 4.74 Å². The molecule has 17 heavy (non-hydrogen) atoms. The Bertz CT molecular complexity index is 632. The number of benzene rings is 2. The summed E-state index contributed by atoms with van der Waals surface area (Å²) in [6, 6.07) is 11.3. The molecule has 0 aromatic heterocycles. The van der Waals surface area contributed by atoms with Crippen molar-refractivity contribution in [3.05, 3.63) is 52.0 Å². The molecular weight excluding hydrogens is 280 g/mol. The molecule has 0 N–H and O–H groups in total. The lowest BCUT2D eigenvalue weighted by Crippen LogP contribution is -1.95. The van der Waals surface area contributed by atoms with Crippen LogP contribution in [0.5, 0.6) is 5.75 Å². The molecule has 2 aromatic rings. The van der Waals surface area contributed by atoms with Gasteiger partial charge in [-0.2, -0.15) is 0 Å². The summed E-state index contributed by atoms with van der Waals surface area (Å²) >= 11 is 3.43. The van der Waals surface area contributed by atoms with Crippen LogP contribution in [-0.4, -0.2) is 12.9 Å². The molecule has 0 amide bonds. The van der Waals surface area contributed by atoms with E-state index in [0.29, 0.717) is 5.75 Å². The maximum atomic E-state index is 12.2. The molecular formula is C14H9BrO2. The quantitative estimate of drug-likeness (QED) is 0.683. The molecule has 3 heteroatoms. The van der Waals surface area contributed by atoms with E-state index in [0.717, 1.165) is 26.7 Å². The van der Waals surface area contributed by atoms with E-state index in [4.69, 9.17) is 4.74 Å². The molecule has 0 atom stereocenters. The van der Waals surface area contributed by atoms with Gasteiger partial charge >= 0.3 is 0 Å². The topological polar surface area (TPSA) is 26.3 Å². The van der Waals surface area contributed by atoms with E-state index in [9.17, 15) is 4.79 Å². The van der Waals surface area contributed by atoms with Gasteiger partial charge in [-0.15, -0.1) is 0 Å². The van der Waals surface area contributed by atoms with Gasteiger partial charge in [0.1, 0.15) is 5.75 Å².